The lowest BCUT2D eigenvalue weighted by molar-refractivity contribution is -0.383. The molecular formula is C19H14N4O3. The molecule has 1 N–H and O–H groups in total. The third-order valence-electron chi connectivity index (χ3n) is 3.98. The van der Waals surface area contributed by atoms with Gasteiger partial charge in [0.25, 0.3) is 5.69 Å². The maximum Gasteiger partial charge on any atom is 0.293 e. The zero-order valence-corrected chi connectivity index (χ0v) is 13.6. The van der Waals surface area contributed by atoms with E-state index >= 15 is 0 Å². The second-order valence-corrected chi connectivity index (χ2v) is 5.65. The molecule has 4 aromatic rings. The molecule has 0 fully saturated rings. The van der Waals surface area contributed by atoms with E-state index in [1.54, 1.807) is 30.9 Å². The van der Waals surface area contributed by atoms with Gasteiger partial charge in [-0.3, -0.25) is 10.1 Å². The smallest absolute Gasteiger partial charge is 0.293 e. The van der Waals surface area contributed by atoms with Crippen LogP contribution in [0.3, 0.4) is 0 Å². The standard InChI is InChI=1S/C19H14N4O3/c24-23(25)19-10-14(15-6-9-26-12-15)4-5-18(19)21-16-2-1-3-17(11-16)22-8-7-20-13-22/h1-13,21H. The third-order valence-corrected chi connectivity index (χ3v) is 3.98. The maximum atomic E-state index is 11.5. The number of nitro groups is 1. The summed E-state index contributed by atoms with van der Waals surface area (Å²) in [6.07, 6.45) is 8.32. The van der Waals surface area contributed by atoms with E-state index in [1.807, 2.05) is 41.1 Å². The second-order valence-electron chi connectivity index (χ2n) is 5.65. The molecule has 128 valence electrons. The van der Waals surface area contributed by atoms with E-state index in [1.165, 1.54) is 12.3 Å². The van der Waals surface area contributed by atoms with E-state index in [9.17, 15) is 10.1 Å². The number of nitrogens with zero attached hydrogens (tertiary/aromatic N) is 3. The lowest BCUT2D eigenvalue weighted by Gasteiger charge is -2.10. The SMILES string of the molecule is O=[N+]([O-])c1cc(-c2ccoc2)ccc1Nc1cccc(-n2ccnc2)c1. The van der Waals surface area contributed by atoms with Crippen molar-refractivity contribution in [2.75, 3.05) is 5.32 Å². The van der Waals surface area contributed by atoms with Crippen molar-refractivity contribution in [1.82, 2.24) is 9.55 Å². The van der Waals surface area contributed by atoms with Gasteiger partial charge in [0.1, 0.15) is 5.69 Å². The Morgan fingerprint density at radius 1 is 1.12 bits per heavy atom. The van der Waals surface area contributed by atoms with Gasteiger partial charge in [0.05, 0.1) is 23.8 Å². The number of anilines is 2. The van der Waals surface area contributed by atoms with E-state index in [0.29, 0.717) is 5.69 Å². The van der Waals surface area contributed by atoms with E-state index in [0.717, 1.165) is 22.5 Å². The summed E-state index contributed by atoms with van der Waals surface area (Å²) in [6.45, 7) is 0. The maximum absolute atomic E-state index is 11.5. The Kier molecular flexibility index (Phi) is 3.95. The Balaban J connectivity index is 1.68. The van der Waals surface area contributed by atoms with E-state index in [4.69, 9.17) is 4.42 Å². The Hall–Kier alpha value is -3.87. The van der Waals surface area contributed by atoms with Crippen molar-refractivity contribution in [1.29, 1.82) is 0 Å². The predicted octanol–water partition coefficient (Wildman–Crippen LogP) is 4.78. The van der Waals surface area contributed by atoms with Crippen LogP contribution >= 0.6 is 0 Å². The Bertz CT molecular complexity index is 1040. The highest BCUT2D eigenvalue weighted by atomic mass is 16.6. The van der Waals surface area contributed by atoms with Gasteiger partial charge in [-0.2, -0.15) is 0 Å². The first-order valence-electron chi connectivity index (χ1n) is 7.87. The summed E-state index contributed by atoms with van der Waals surface area (Å²) in [5.74, 6) is 0. The first kappa shape index (κ1) is 15.6. The summed E-state index contributed by atoms with van der Waals surface area (Å²) in [6, 6.07) is 14.4. The lowest BCUT2D eigenvalue weighted by Crippen LogP contribution is -1.98. The Morgan fingerprint density at radius 3 is 2.77 bits per heavy atom. The minimum Gasteiger partial charge on any atom is -0.472 e. The van der Waals surface area contributed by atoms with Gasteiger partial charge in [-0.25, -0.2) is 4.98 Å². The van der Waals surface area contributed by atoms with Crippen LogP contribution in [0.1, 0.15) is 0 Å². The minimum absolute atomic E-state index is 0.00302. The van der Waals surface area contributed by atoms with Gasteiger partial charge in [-0.15, -0.1) is 0 Å². The fourth-order valence-electron chi connectivity index (χ4n) is 2.71. The molecule has 7 heteroatoms. The molecule has 0 unspecified atom stereocenters. The molecule has 0 atom stereocenters. The number of hydrogen-bond acceptors (Lipinski definition) is 5. The van der Waals surface area contributed by atoms with Crippen LogP contribution in [0.2, 0.25) is 0 Å². The molecule has 4 rings (SSSR count). The van der Waals surface area contributed by atoms with E-state index < -0.39 is 4.92 Å². The molecule has 0 radical (unpaired) electrons. The van der Waals surface area contributed by atoms with Crippen LogP contribution in [0.5, 0.6) is 0 Å². The molecule has 2 aromatic carbocycles. The molecule has 2 aromatic heterocycles. The van der Waals surface area contributed by atoms with Gasteiger partial charge in [0.2, 0.25) is 0 Å². The molecule has 0 aliphatic carbocycles. The first-order valence-corrected chi connectivity index (χ1v) is 7.87. The van der Waals surface area contributed by atoms with Gasteiger partial charge in [0.15, 0.2) is 0 Å². The number of aromatic nitrogens is 2. The highest BCUT2D eigenvalue weighted by molar-refractivity contribution is 5.76. The average Bonchev–Trinajstić information content (AvgIpc) is 3.36. The van der Waals surface area contributed by atoms with E-state index in [-0.39, 0.29) is 5.69 Å². The van der Waals surface area contributed by atoms with Crippen molar-refractivity contribution in [2.45, 2.75) is 0 Å². The van der Waals surface area contributed by atoms with Crippen LogP contribution in [0, 0.1) is 10.1 Å². The summed E-state index contributed by atoms with van der Waals surface area (Å²) in [5, 5.41) is 14.6. The van der Waals surface area contributed by atoms with Crippen LogP contribution in [0.15, 0.2) is 84.2 Å². The van der Waals surface area contributed by atoms with Crippen molar-refractivity contribution in [3.8, 4) is 16.8 Å². The molecular weight excluding hydrogens is 332 g/mol. The number of nitro benzene ring substituents is 1. The third kappa shape index (κ3) is 3.05. The van der Waals surface area contributed by atoms with E-state index in [2.05, 4.69) is 10.3 Å². The minimum atomic E-state index is -0.397. The van der Waals surface area contributed by atoms with Crippen LogP contribution in [0.25, 0.3) is 16.8 Å². The molecule has 0 bridgehead atoms. The van der Waals surface area contributed by atoms with Gasteiger partial charge in [-0.1, -0.05) is 12.1 Å². The highest BCUT2D eigenvalue weighted by Gasteiger charge is 2.16. The lowest BCUT2D eigenvalue weighted by atomic mass is 10.1. The quantitative estimate of drug-likeness (QED) is 0.415. The summed E-state index contributed by atoms with van der Waals surface area (Å²) in [4.78, 5) is 15.1. The molecule has 0 saturated carbocycles. The first-order chi connectivity index (χ1) is 12.7. The predicted molar refractivity (Wildman–Crippen MR) is 97.6 cm³/mol. The Morgan fingerprint density at radius 2 is 2.04 bits per heavy atom. The van der Waals surface area contributed by atoms with Crippen LogP contribution in [-0.4, -0.2) is 14.5 Å². The topological polar surface area (TPSA) is 86.1 Å². The fourth-order valence-corrected chi connectivity index (χ4v) is 2.71. The molecule has 0 amide bonds. The molecule has 26 heavy (non-hydrogen) atoms. The monoisotopic (exact) mass is 346 g/mol. The summed E-state index contributed by atoms with van der Waals surface area (Å²) >= 11 is 0. The van der Waals surface area contributed by atoms with Crippen molar-refractivity contribution in [3.63, 3.8) is 0 Å². The number of rotatable bonds is 5. The van der Waals surface area contributed by atoms with Crippen LogP contribution < -0.4 is 5.32 Å². The average molecular weight is 346 g/mol. The van der Waals surface area contributed by atoms with Gasteiger partial charge < -0.3 is 14.3 Å². The summed E-state index contributed by atoms with van der Waals surface area (Å²) < 4.78 is 6.91. The number of hydrogen-bond donors (Lipinski definition) is 1. The molecule has 0 aliphatic heterocycles. The fraction of sp³-hybridized carbons (Fsp3) is 0. The zero-order valence-electron chi connectivity index (χ0n) is 13.6. The number of nitrogens with one attached hydrogen (secondary N) is 1. The molecule has 0 aliphatic rings. The highest BCUT2D eigenvalue weighted by Crippen LogP contribution is 2.33. The molecule has 2 heterocycles. The number of benzene rings is 2. The molecule has 0 saturated heterocycles. The number of imidazole rings is 1. The molecule has 7 nitrogen and oxygen atoms in total. The summed E-state index contributed by atoms with van der Waals surface area (Å²) in [7, 11) is 0. The zero-order chi connectivity index (χ0) is 17.9. The van der Waals surface area contributed by atoms with Crippen molar-refractivity contribution >= 4 is 17.1 Å². The van der Waals surface area contributed by atoms with Gasteiger partial charge in [-0.05, 0) is 35.9 Å². The molecule has 0 spiro atoms. The normalized spacial score (nSPS) is 10.6. The van der Waals surface area contributed by atoms with Gasteiger partial charge in [0, 0.05) is 35.4 Å². The van der Waals surface area contributed by atoms with Crippen LogP contribution in [0.4, 0.5) is 17.1 Å². The summed E-state index contributed by atoms with van der Waals surface area (Å²) in [5.41, 5.74) is 3.59. The van der Waals surface area contributed by atoms with Crippen molar-refractivity contribution in [3.05, 3.63) is 89.9 Å². The van der Waals surface area contributed by atoms with Crippen molar-refractivity contribution in [2.24, 2.45) is 0 Å². The number of furan rings is 1. The van der Waals surface area contributed by atoms with Gasteiger partial charge >= 0.3 is 0 Å². The van der Waals surface area contributed by atoms with Crippen LogP contribution in [-0.2, 0) is 0 Å². The van der Waals surface area contributed by atoms with Crippen molar-refractivity contribution < 1.29 is 9.34 Å². The largest absolute Gasteiger partial charge is 0.472 e. The second kappa shape index (κ2) is 6.56. The Labute approximate surface area is 148 Å².